The number of amides is 1. The van der Waals surface area contributed by atoms with Gasteiger partial charge in [0, 0.05) is 17.1 Å². The largest absolute Gasteiger partial charge is 0.467 e. The topological polar surface area (TPSA) is 71.0 Å². The number of hydrogen-bond donors (Lipinski definition) is 1. The summed E-state index contributed by atoms with van der Waals surface area (Å²) in [4.78, 5) is 12.3. The molecule has 0 aliphatic rings. The average Bonchev–Trinajstić information content (AvgIpc) is 3.27. The molecule has 5 nitrogen and oxygen atoms in total. The smallest absolute Gasteiger partial charge is 0.262 e. The molecule has 1 N–H and O–H groups in total. The number of aryl methyl sites for hydroxylation is 1. The van der Waals surface area contributed by atoms with E-state index in [2.05, 4.69) is 5.32 Å². The van der Waals surface area contributed by atoms with Crippen molar-refractivity contribution in [2.45, 2.75) is 20.4 Å². The standard InChI is InChI=1S/C21H18FN3O2/c1-14-10-16(15(2)25(14)19-7-5-18(22)6-8-19)11-17(12-23)21(26)24-13-20-4-3-9-27-20/h3-11H,13H2,1-2H3,(H,24,26)/b17-11+. The number of furan rings is 1. The zero-order valence-corrected chi connectivity index (χ0v) is 15.0. The second kappa shape index (κ2) is 7.75. The molecule has 0 saturated carbocycles. The van der Waals surface area contributed by atoms with E-state index in [1.165, 1.54) is 18.4 Å². The van der Waals surface area contributed by atoms with Crippen molar-refractivity contribution >= 4 is 12.0 Å². The number of nitrogens with zero attached hydrogens (tertiary/aromatic N) is 2. The maximum absolute atomic E-state index is 13.2. The first-order valence-corrected chi connectivity index (χ1v) is 8.37. The van der Waals surface area contributed by atoms with E-state index in [9.17, 15) is 14.4 Å². The monoisotopic (exact) mass is 363 g/mol. The lowest BCUT2D eigenvalue weighted by molar-refractivity contribution is -0.117. The maximum Gasteiger partial charge on any atom is 0.262 e. The predicted molar refractivity (Wildman–Crippen MR) is 99.3 cm³/mol. The van der Waals surface area contributed by atoms with Crippen molar-refractivity contribution in [3.8, 4) is 11.8 Å². The van der Waals surface area contributed by atoms with Crippen LogP contribution in [0.2, 0.25) is 0 Å². The van der Waals surface area contributed by atoms with E-state index < -0.39 is 5.91 Å². The van der Waals surface area contributed by atoms with Crippen LogP contribution in [0, 0.1) is 31.0 Å². The minimum absolute atomic E-state index is 0.000845. The number of aromatic nitrogens is 1. The van der Waals surface area contributed by atoms with Gasteiger partial charge in [-0.25, -0.2) is 4.39 Å². The van der Waals surface area contributed by atoms with Gasteiger partial charge in [0.05, 0.1) is 12.8 Å². The number of carbonyl (C=O) groups excluding carboxylic acids is 1. The summed E-state index contributed by atoms with van der Waals surface area (Å²) in [5, 5.41) is 12.0. The molecule has 2 aromatic heterocycles. The van der Waals surface area contributed by atoms with Crippen molar-refractivity contribution in [1.82, 2.24) is 9.88 Å². The molecule has 1 amide bonds. The molecule has 0 atom stereocenters. The van der Waals surface area contributed by atoms with Crippen LogP contribution < -0.4 is 5.32 Å². The van der Waals surface area contributed by atoms with Gasteiger partial charge in [-0.15, -0.1) is 0 Å². The lowest BCUT2D eigenvalue weighted by Gasteiger charge is -2.09. The lowest BCUT2D eigenvalue weighted by Crippen LogP contribution is -2.23. The lowest BCUT2D eigenvalue weighted by atomic mass is 10.1. The normalized spacial score (nSPS) is 11.3. The SMILES string of the molecule is Cc1cc(/C=C(\C#N)C(=O)NCc2ccco2)c(C)n1-c1ccc(F)cc1. The second-order valence-corrected chi connectivity index (χ2v) is 6.07. The number of rotatable bonds is 5. The number of benzene rings is 1. The number of nitrogens with one attached hydrogen (secondary N) is 1. The van der Waals surface area contributed by atoms with Crippen LogP contribution in [0.1, 0.15) is 22.7 Å². The Morgan fingerprint density at radius 2 is 2.04 bits per heavy atom. The Balaban J connectivity index is 1.86. The van der Waals surface area contributed by atoms with Crippen molar-refractivity contribution in [2.75, 3.05) is 0 Å². The van der Waals surface area contributed by atoms with E-state index in [1.807, 2.05) is 30.6 Å². The van der Waals surface area contributed by atoms with Gasteiger partial charge in [-0.2, -0.15) is 5.26 Å². The zero-order chi connectivity index (χ0) is 19.4. The molecule has 3 rings (SSSR count). The molecule has 0 bridgehead atoms. The van der Waals surface area contributed by atoms with Gasteiger partial charge in [0.15, 0.2) is 0 Å². The van der Waals surface area contributed by atoms with Gasteiger partial charge in [-0.3, -0.25) is 4.79 Å². The van der Waals surface area contributed by atoms with Gasteiger partial charge in [-0.1, -0.05) is 0 Å². The quantitative estimate of drug-likeness (QED) is 0.549. The molecule has 0 radical (unpaired) electrons. The van der Waals surface area contributed by atoms with Gasteiger partial charge < -0.3 is 14.3 Å². The molecule has 0 spiro atoms. The Kier molecular flexibility index (Phi) is 5.23. The second-order valence-electron chi connectivity index (χ2n) is 6.07. The molecule has 0 saturated heterocycles. The van der Waals surface area contributed by atoms with Crippen LogP contribution in [0.25, 0.3) is 11.8 Å². The molecule has 2 heterocycles. The Labute approximate surface area is 156 Å². The third kappa shape index (κ3) is 3.98. The Morgan fingerprint density at radius 1 is 1.30 bits per heavy atom. The first-order chi connectivity index (χ1) is 13.0. The van der Waals surface area contributed by atoms with Gasteiger partial charge >= 0.3 is 0 Å². The van der Waals surface area contributed by atoms with Crippen molar-refractivity contribution in [2.24, 2.45) is 0 Å². The van der Waals surface area contributed by atoms with E-state index in [1.54, 1.807) is 30.3 Å². The number of hydrogen-bond acceptors (Lipinski definition) is 3. The van der Waals surface area contributed by atoms with E-state index in [4.69, 9.17) is 4.42 Å². The predicted octanol–water partition coefficient (Wildman–Crippen LogP) is 4.05. The molecule has 3 aromatic rings. The molecule has 0 fully saturated rings. The Hall–Kier alpha value is -3.59. The third-order valence-corrected chi connectivity index (χ3v) is 4.22. The summed E-state index contributed by atoms with van der Waals surface area (Å²) >= 11 is 0. The maximum atomic E-state index is 13.2. The van der Waals surface area contributed by atoms with Crippen LogP contribution in [0.4, 0.5) is 4.39 Å². The summed E-state index contributed by atoms with van der Waals surface area (Å²) in [5.74, 6) is -0.170. The summed E-state index contributed by atoms with van der Waals surface area (Å²) in [5.41, 5.74) is 3.33. The number of nitriles is 1. The highest BCUT2D eigenvalue weighted by Gasteiger charge is 2.14. The first-order valence-electron chi connectivity index (χ1n) is 8.37. The van der Waals surface area contributed by atoms with E-state index in [0.29, 0.717) is 5.76 Å². The van der Waals surface area contributed by atoms with E-state index >= 15 is 0 Å². The Bertz CT molecular complexity index is 1020. The van der Waals surface area contributed by atoms with Crippen LogP contribution >= 0.6 is 0 Å². The summed E-state index contributed by atoms with van der Waals surface area (Å²) in [7, 11) is 0. The molecule has 0 aliphatic carbocycles. The summed E-state index contributed by atoms with van der Waals surface area (Å²) < 4.78 is 20.3. The Morgan fingerprint density at radius 3 is 2.67 bits per heavy atom. The minimum atomic E-state index is -0.472. The highest BCUT2D eigenvalue weighted by molar-refractivity contribution is 6.01. The van der Waals surface area contributed by atoms with Gasteiger partial charge in [0.25, 0.3) is 5.91 Å². The van der Waals surface area contributed by atoms with Crippen LogP contribution in [-0.4, -0.2) is 10.5 Å². The van der Waals surface area contributed by atoms with Crippen LogP contribution in [0.3, 0.4) is 0 Å². The van der Waals surface area contributed by atoms with E-state index in [-0.39, 0.29) is 17.9 Å². The van der Waals surface area contributed by atoms with Crippen molar-refractivity contribution < 1.29 is 13.6 Å². The molecule has 0 unspecified atom stereocenters. The zero-order valence-electron chi connectivity index (χ0n) is 15.0. The fourth-order valence-electron chi connectivity index (χ4n) is 2.90. The fourth-order valence-corrected chi connectivity index (χ4v) is 2.90. The van der Waals surface area contributed by atoms with Gasteiger partial charge in [0.2, 0.25) is 0 Å². The van der Waals surface area contributed by atoms with Gasteiger partial charge in [0.1, 0.15) is 23.2 Å². The highest BCUT2D eigenvalue weighted by Crippen LogP contribution is 2.23. The molecular weight excluding hydrogens is 345 g/mol. The molecular formula is C21H18FN3O2. The van der Waals surface area contributed by atoms with Gasteiger partial charge in [-0.05, 0) is 68.0 Å². The number of carbonyl (C=O) groups is 1. The van der Waals surface area contributed by atoms with E-state index in [0.717, 1.165) is 22.6 Å². The molecule has 6 heteroatoms. The minimum Gasteiger partial charge on any atom is -0.467 e. The molecule has 136 valence electrons. The van der Waals surface area contributed by atoms with Crippen LogP contribution in [-0.2, 0) is 11.3 Å². The third-order valence-electron chi connectivity index (χ3n) is 4.22. The van der Waals surface area contributed by atoms with Crippen LogP contribution in [0.5, 0.6) is 0 Å². The molecule has 1 aromatic carbocycles. The average molecular weight is 363 g/mol. The summed E-state index contributed by atoms with van der Waals surface area (Å²) in [6.45, 7) is 4.01. The molecule has 0 aliphatic heterocycles. The highest BCUT2D eigenvalue weighted by atomic mass is 19.1. The van der Waals surface area contributed by atoms with Crippen LogP contribution in [0.15, 0.2) is 58.7 Å². The van der Waals surface area contributed by atoms with Crippen molar-refractivity contribution in [1.29, 1.82) is 5.26 Å². The summed E-state index contributed by atoms with van der Waals surface area (Å²) in [6.07, 6.45) is 3.08. The fraction of sp³-hybridized carbons (Fsp3) is 0.143. The van der Waals surface area contributed by atoms with Crippen molar-refractivity contribution in [3.05, 3.63) is 82.8 Å². The van der Waals surface area contributed by atoms with Crippen molar-refractivity contribution in [3.63, 3.8) is 0 Å². The number of halogens is 1. The summed E-state index contributed by atoms with van der Waals surface area (Å²) in [6, 6.07) is 13.5. The first kappa shape index (κ1) is 18.2. The molecule has 27 heavy (non-hydrogen) atoms.